The third kappa shape index (κ3) is 5.40. The van der Waals surface area contributed by atoms with Crippen LogP contribution in [0.5, 0.6) is 0 Å². The first-order valence-electron chi connectivity index (χ1n) is 12.6. The molecule has 39 heavy (non-hydrogen) atoms. The lowest BCUT2D eigenvalue weighted by Gasteiger charge is -2.18. The van der Waals surface area contributed by atoms with Crippen LogP contribution in [0.25, 0.3) is 0 Å². The van der Waals surface area contributed by atoms with Crippen LogP contribution < -0.4 is 10.2 Å². The summed E-state index contributed by atoms with van der Waals surface area (Å²) < 4.78 is 5.12. The maximum absolute atomic E-state index is 13.0. The van der Waals surface area contributed by atoms with Gasteiger partial charge in [-0.15, -0.1) is 0 Å². The Morgan fingerprint density at radius 1 is 0.846 bits per heavy atom. The summed E-state index contributed by atoms with van der Waals surface area (Å²) in [6.45, 7) is 1.58. The van der Waals surface area contributed by atoms with Crippen LogP contribution in [0.2, 0.25) is 0 Å². The highest BCUT2D eigenvalue weighted by Gasteiger charge is 2.48. The van der Waals surface area contributed by atoms with E-state index in [0.29, 0.717) is 29.8 Å². The molecule has 0 unspecified atom stereocenters. The number of esters is 1. The molecule has 3 aromatic carbocycles. The Bertz CT molecular complexity index is 1490. The molecule has 0 saturated carbocycles. The lowest BCUT2D eigenvalue weighted by Crippen LogP contribution is -2.31. The van der Waals surface area contributed by atoms with Crippen molar-refractivity contribution in [1.82, 2.24) is 0 Å². The average molecular weight is 523 g/mol. The van der Waals surface area contributed by atoms with Crippen molar-refractivity contribution in [2.24, 2.45) is 11.8 Å². The summed E-state index contributed by atoms with van der Waals surface area (Å²) >= 11 is 0. The number of rotatable bonds is 7. The minimum Gasteiger partial charge on any atom is -0.454 e. The van der Waals surface area contributed by atoms with Crippen LogP contribution in [0.15, 0.2) is 90.5 Å². The highest BCUT2D eigenvalue weighted by Crippen LogP contribution is 2.39. The highest BCUT2D eigenvalue weighted by molar-refractivity contribution is 6.22. The third-order valence-corrected chi connectivity index (χ3v) is 7.00. The SMILES string of the molecule is CC1=CC[C@@H]2C(=O)N(c3cccc(C(=O)Nc4ccc(C(=O)OCC(=O)c5ccccc5)cc4)c3)C(=O)[C@@H]2C1. The third-order valence-electron chi connectivity index (χ3n) is 7.00. The van der Waals surface area contributed by atoms with Crippen molar-refractivity contribution >= 4 is 40.8 Å². The number of nitrogens with zero attached hydrogens (tertiary/aromatic N) is 1. The first-order chi connectivity index (χ1) is 18.8. The van der Waals surface area contributed by atoms with Crippen LogP contribution in [-0.4, -0.2) is 36.1 Å². The fourth-order valence-corrected chi connectivity index (χ4v) is 4.89. The molecule has 1 aliphatic carbocycles. The average Bonchev–Trinajstić information content (AvgIpc) is 3.21. The summed E-state index contributed by atoms with van der Waals surface area (Å²) in [6, 6.07) is 21.0. The number of hydrogen-bond donors (Lipinski definition) is 1. The van der Waals surface area contributed by atoms with Crippen molar-refractivity contribution < 1.29 is 28.7 Å². The summed E-state index contributed by atoms with van der Waals surface area (Å²) in [6.07, 6.45) is 3.12. The van der Waals surface area contributed by atoms with Gasteiger partial charge in [-0.05, 0) is 62.2 Å². The summed E-state index contributed by atoms with van der Waals surface area (Å²) in [5.74, 6) is -2.59. The Morgan fingerprint density at radius 2 is 1.54 bits per heavy atom. The molecule has 196 valence electrons. The second-order valence-corrected chi connectivity index (χ2v) is 9.66. The number of carbonyl (C=O) groups is 5. The number of Topliss-reactive ketones (excluding diaryl/α,β-unsaturated/α-hetero) is 1. The number of carbonyl (C=O) groups excluding carboxylic acids is 5. The van der Waals surface area contributed by atoms with Gasteiger partial charge in [0.25, 0.3) is 5.91 Å². The zero-order chi connectivity index (χ0) is 27.5. The van der Waals surface area contributed by atoms with Crippen LogP contribution in [0, 0.1) is 11.8 Å². The maximum atomic E-state index is 13.0. The molecular formula is C31H26N2O6. The smallest absolute Gasteiger partial charge is 0.338 e. The Kier molecular flexibility index (Phi) is 7.19. The van der Waals surface area contributed by atoms with Crippen LogP contribution in [0.4, 0.5) is 11.4 Å². The van der Waals surface area contributed by atoms with Gasteiger partial charge in [0.1, 0.15) is 0 Å². The topological polar surface area (TPSA) is 110 Å². The van der Waals surface area contributed by atoms with E-state index in [4.69, 9.17) is 4.74 Å². The molecule has 3 aromatic rings. The summed E-state index contributed by atoms with van der Waals surface area (Å²) in [4.78, 5) is 64.6. The van der Waals surface area contributed by atoms with E-state index in [9.17, 15) is 24.0 Å². The highest BCUT2D eigenvalue weighted by atomic mass is 16.5. The van der Waals surface area contributed by atoms with E-state index in [-0.39, 0.29) is 47.2 Å². The number of hydrogen-bond acceptors (Lipinski definition) is 6. The quantitative estimate of drug-likeness (QED) is 0.206. The van der Waals surface area contributed by atoms with Gasteiger partial charge < -0.3 is 10.1 Å². The number of fused-ring (bicyclic) bond motifs is 1. The van der Waals surface area contributed by atoms with Crippen molar-refractivity contribution in [2.75, 3.05) is 16.8 Å². The Labute approximate surface area is 225 Å². The molecule has 1 fully saturated rings. The van der Waals surface area contributed by atoms with Gasteiger partial charge in [0.2, 0.25) is 11.8 Å². The van der Waals surface area contributed by atoms with Crippen LogP contribution in [0.1, 0.15) is 50.8 Å². The second kappa shape index (κ2) is 10.9. The summed E-state index contributed by atoms with van der Waals surface area (Å²) in [5.41, 5.74) is 2.87. The van der Waals surface area contributed by atoms with Gasteiger partial charge in [0.15, 0.2) is 12.4 Å². The van der Waals surface area contributed by atoms with E-state index in [2.05, 4.69) is 5.32 Å². The molecule has 0 aromatic heterocycles. The molecule has 3 amide bonds. The van der Waals surface area contributed by atoms with Crippen LogP contribution in [-0.2, 0) is 14.3 Å². The number of ketones is 1. The number of amides is 3. The zero-order valence-electron chi connectivity index (χ0n) is 21.3. The van der Waals surface area contributed by atoms with E-state index < -0.39 is 11.9 Å². The fraction of sp³-hybridized carbons (Fsp3) is 0.194. The van der Waals surface area contributed by atoms with E-state index in [0.717, 1.165) is 5.57 Å². The Hall–Kier alpha value is -4.85. The summed E-state index contributed by atoms with van der Waals surface area (Å²) in [7, 11) is 0. The molecule has 2 aliphatic rings. The fourth-order valence-electron chi connectivity index (χ4n) is 4.89. The number of nitrogens with one attached hydrogen (secondary N) is 1. The first kappa shape index (κ1) is 25.8. The molecule has 1 heterocycles. The Balaban J connectivity index is 1.21. The van der Waals surface area contributed by atoms with Gasteiger partial charge in [-0.3, -0.25) is 24.1 Å². The molecule has 1 saturated heterocycles. The molecule has 0 radical (unpaired) electrons. The minimum absolute atomic E-state index is 0.230. The first-order valence-corrected chi connectivity index (χ1v) is 12.6. The van der Waals surface area contributed by atoms with Gasteiger partial charge in [-0.2, -0.15) is 0 Å². The molecule has 8 nitrogen and oxygen atoms in total. The zero-order valence-corrected chi connectivity index (χ0v) is 21.3. The maximum Gasteiger partial charge on any atom is 0.338 e. The van der Waals surface area contributed by atoms with Crippen molar-refractivity contribution in [3.05, 3.63) is 107 Å². The number of anilines is 2. The van der Waals surface area contributed by atoms with Gasteiger partial charge in [0, 0.05) is 16.8 Å². The van der Waals surface area contributed by atoms with E-state index >= 15 is 0 Å². The normalized spacial score (nSPS) is 18.3. The van der Waals surface area contributed by atoms with Crippen molar-refractivity contribution in [2.45, 2.75) is 19.8 Å². The molecule has 0 spiro atoms. The Morgan fingerprint density at radius 3 is 2.28 bits per heavy atom. The number of allylic oxidation sites excluding steroid dienone is 2. The largest absolute Gasteiger partial charge is 0.454 e. The van der Waals surface area contributed by atoms with Crippen LogP contribution >= 0.6 is 0 Å². The molecule has 5 rings (SSSR count). The lowest BCUT2D eigenvalue weighted by atomic mass is 9.82. The van der Waals surface area contributed by atoms with E-state index in [1.54, 1.807) is 60.7 Å². The van der Waals surface area contributed by atoms with Gasteiger partial charge in [-0.1, -0.05) is 48.0 Å². The van der Waals surface area contributed by atoms with E-state index in [1.807, 2.05) is 13.0 Å². The van der Waals surface area contributed by atoms with Gasteiger partial charge >= 0.3 is 5.97 Å². The minimum atomic E-state index is -0.657. The molecule has 0 bridgehead atoms. The molecule has 1 N–H and O–H groups in total. The number of imide groups is 1. The monoisotopic (exact) mass is 522 g/mol. The van der Waals surface area contributed by atoms with Crippen LogP contribution in [0.3, 0.4) is 0 Å². The van der Waals surface area contributed by atoms with Crippen molar-refractivity contribution in [3.63, 3.8) is 0 Å². The summed E-state index contributed by atoms with van der Waals surface area (Å²) in [5, 5.41) is 2.75. The van der Waals surface area contributed by atoms with Gasteiger partial charge in [0.05, 0.1) is 23.1 Å². The van der Waals surface area contributed by atoms with E-state index in [1.165, 1.54) is 23.1 Å². The number of ether oxygens (including phenoxy) is 1. The number of benzene rings is 3. The standard InChI is InChI=1S/C31H26N2O6/c1-19-10-15-25-26(16-19)30(37)33(29(25)36)24-9-5-8-22(17-24)28(35)32-23-13-11-21(12-14-23)31(38)39-18-27(34)20-6-3-2-4-7-20/h2-14,17,25-26H,15-16,18H2,1H3,(H,32,35)/t25-,26+/m0/s1. The predicted octanol–water partition coefficient (Wildman–Crippen LogP) is 4.82. The van der Waals surface area contributed by atoms with Crippen molar-refractivity contribution in [3.8, 4) is 0 Å². The molecule has 2 atom stereocenters. The van der Waals surface area contributed by atoms with Crippen molar-refractivity contribution in [1.29, 1.82) is 0 Å². The lowest BCUT2D eigenvalue weighted by molar-refractivity contribution is -0.122. The predicted molar refractivity (Wildman–Crippen MR) is 144 cm³/mol. The van der Waals surface area contributed by atoms with Gasteiger partial charge in [-0.25, -0.2) is 4.79 Å². The second-order valence-electron chi connectivity index (χ2n) is 9.66. The molecule has 1 aliphatic heterocycles. The molecule has 8 heteroatoms. The molecular weight excluding hydrogens is 496 g/mol.